The first-order valence-electron chi connectivity index (χ1n) is 13.8. The molecule has 1 aliphatic rings. The Morgan fingerprint density at radius 1 is 1.12 bits per heavy atom. The molecule has 224 valence electrons. The molecular formula is C30H32F2N8O2S. The topological polar surface area (TPSA) is 95.9 Å². The number of aromatic nitrogens is 7. The van der Waals surface area contributed by atoms with Gasteiger partial charge < -0.3 is 4.74 Å². The van der Waals surface area contributed by atoms with E-state index in [1.54, 1.807) is 93.3 Å². The highest BCUT2D eigenvalue weighted by molar-refractivity contribution is 7.81. The van der Waals surface area contributed by atoms with Gasteiger partial charge in [-0.25, -0.2) is 22.9 Å². The lowest BCUT2D eigenvalue weighted by atomic mass is 9.99. The highest BCUT2D eigenvalue weighted by Crippen LogP contribution is 2.43. The van der Waals surface area contributed by atoms with E-state index in [0.29, 0.717) is 57.8 Å². The summed E-state index contributed by atoms with van der Waals surface area (Å²) in [6, 6.07) is 6.80. The molecule has 0 radical (unpaired) electrons. The van der Waals surface area contributed by atoms with Crippen molar-refractivity contribution in [3.63, 3.8) is 0 Å². The average Bonchev–Trinajstić information content (AvgIpc) is 3.64. The van der Waals surface area contributed by atoms with Crippen LogP contribution in [0, 0.1) is 25.5 Å². The van der Waals surface area contributed by atoms with Crippen molar-refractivity contribution in [3.8, 4) is 22.8 Å². The number of fused-ring (bicyclic) bond motifs is 2. The quantitative estimate of drug-likeness (QED) is 0.261. The van der Waals surface area contributed by atoms with E-state index in [2.05, 4.69) is 15.4 Å². The van der Waals surface area contributed by atoms with Gasteiger partial charge in [-0.2, -0.15) is 10.2 Å². The van der Waals surface area contributed by atoms with Gasteiger partial charge in [0.05, 0.1) is 40.2 Å². The SMILES string of the molecule is Cc1cc(-n2nc3c(c2-n2cc(-c4ccc5c(cnn5C)c4F)nn2)[C@](C)(S)N(C(=O)OC(C)(C)C)CC3)cc(C)c1F. The molecule has 0 aliphatic carbocycles. The molecule has 6 rings (SSSR count). The van der Waals surface area contributed by atoms with Gasteiger partial charge in [-0.1, -0.05) is 5.21 Å². The molecule has 13 heteroatoms. The number of ether oxygens (including phenoxy) is 1. The lowest BCUT2D eigenvalue weighted by molar-refractivity contribution is 0.0117. The Kier molecular flexibility index (Phi) is 6.64. The third-order valence-corrected chi connectivity index (χ3v) is 8.10. The van der Waals surface area contributed by atoms with Crippen LogP contribution in [-0.4, -0.2) is 57.7 Å². The number of carbonyl (C=O) groups is 1. The molecule has 3 aromatic heterocycles. The third kappa shape index (κ3) is 4.75. The molecule has 0 bridgehead atoms. The van der Waals surface area contributed by atoms with Gasteiger partial charge in [-0.15, -0.1) is 17.7 Å². The van der Waals surface area contributed by atoms with Crippen molar-refractivity contribution in [2.45, 2.75) is 58.4 Å². The van der Waals surface area contributed by atoms with E-state index < -0.39 is 22.4 Å². The van der Waals surface area contributed by atoms with Gasteiger partial charge in [-0.05, 0) is 76.9 Å². The molecule has 4 heterocycles. The predicted octanol–water partition coefficient (Wildman–Crippen LogP) is 5.80. The van der Waals surface area contributed by atoms with Gasteiger partial charge in [0.25, 0.3) is 0 Å². The smallest absolute Gasteiger partial charge is 0.411 e. The summed E-state index contributed by atoms with van der Waals surface area (Å²) in [7, 11) is 1.75. The zero-order chi connectivity index (χ0) is 31.0. The summed E-state index contributed by atoms with van der Waals surface area (Å²) in [4.78, 5) is 13.7. The molecule has 43 heavy (non-hydrogen) atoms. The number of hydrogen-bond acceptors (Lipinski definition) is 7. The van der Waals surface area contributed by atoms with E-state index >= 15 is 4.39 Å². The fourth-order valence-electron chi connectivity index (χ4n) is 5.59. The first-order chi connectivity index (χ1) is 20.2. The number of halogens is 2. The molecule has 2 aromatic carbocycles. The standard InChI is InChI=1S/C30H32F2N8O2S/c1-16-12-18(13-17(2)25(16)31)40-27(24-21(35-40)10-11-38(30(24,6)43)28(41)42-29(3,4)5)39-15-22(34-36-39)19-8-9-23-20(26(19)32)14-33-37(23)7/h8-9,12-15,43H,10-11H2,1-7H3/t30-/m0/s1. The summed E-state index contributed by atoms with van der Waals surface area (Å²) >= 11 is 5.00. The minimum absolute atomic E-state index is 0.254. The van der Waals surface area contributed by atoms with Gasteiger partial charge in [0, 0.05) is 25.6 Å². The lowest BCUT2D eigenvalue weighted by Crippen LogP contribution is -2.50. The zero-order valence-electron chi connectivity index (χ0n) is 25.0. The van der Waals surface area contributed by atoms with Crippen LogP contribution in [0.1, 0.15) is 50.1 Å². The second-order valence-electron chi connectivity index (χ2n) is 12.0. The fourth-order valence-corrected chi connectivity index (χ4v) is 6.00. The summed E-state index contributed by atoms with van der Waals surface area (Å²) in [5.41, 5.74) is 3.26. The number of rotatable bonds is 3. The first-order valence-corrected chi connectivity index (χ1v) is 14.3. The van der Waals surface area contributed by atoms with Crippen molar-refractivity contribution in [2.75, 3.05) is 6.54 Å². The highest BCUT2D eigenvalue weighted by atomic mass is 32.1. The second kappa shape index (κ2) is 9.90. The summed E-state index contributed by atoms with van der Waals surface area (Å²) < 4.78 is 40.7. The number of carbonyl (C=O) groups excluding carboxylic acids is 1. The molecule has 0 N–H and O–H groups in total. The van der Waals surface area contributed by atoms with E-state index in [1.165, 1.54) is 10.9 Å². The number of aryl methyl sites for hydroxylation is 3. The molecule has 0 saturated heterocycles. The molecule has 10 nitrogen and oxygen atoms in total. The van der Waals surface area contributed by atoms with Crippen LogP contribution < -0.4 is 0 Å². The Balaban J connectivity index is 1.54. The Morgan fingerprint density at radius 2 is 1.81 bits per heavy atom. The predicted molar refractivity (Wildman–Crippen MR) is 161 cm³/mol. The maximum Gasteiger partial charge on any atom is 0.411 e. The van der Waals surface area contributed by atoms with Crippen LogP contribution in [0.3, 0.4) is 0 Å². The summed E-state index contributed by atoms with van der Waals surface area (Å²) in [6.45, 7) is 10.9. The van der Waals surface area contributed by atoms with Gasteiger partial charge in [-0.3, -0.25) is 9.58 Å². The van der Waals surface area contributed by atoms with E-state index in [9.17, 15) is 9.18 Å². The number of nitrogens with zero attached hydrogens (tertiary/aromatic N) is 8. The van der Waals surface area contributed by atoms with Crippen molar-refractivity contribution >= 4 is 29.6 Å². The van der Waals surface area contributed by atoms with Gasteiger partial charge in [0.2, 0.25) is 0 Å². The van der Waals surface area contributed by atoms with Crippen LogP contribution in [0.4, 0.5) is 13.6 Å². The lowest BCUT2D eigenvalue weighted by Gasteiger charge is -2.41. The molecule has 1 amide bonds. The Labute approximate surface area is 252 Å². The number of amides is 1. The average molecular weight is 607 g/mol. The molecule has 0 fully saturated rings. The summed E-state index contributed by atoms with van der Waals surface area (Å²) in [5, 5.41) is 18.1. The molecular weight excluding hydrogens is 574 g/mol. The Hall–Kier alpha value is -4.26. The van der Waals surface area contributed by atoms with Crippen LogP contribution in [-0.2, 0) is 23.1 Å². The van der Waals surface area contributed by atoms with Crippen molar-refractivity contribution in [1.82, 2.24) is 39.5 Å². The molecule has 0 saturated carbocycles. The van der Waals surface area contributed by atoms with E-state index in [4.69, 9.17) is 22.5 Å². The van der Waals surface area contributed by atoms with Crippen LogP contribution >= 0.6 is 12.6 Å². The van der Waals surface area contributed by atoms with E-state index in [-0.39, 0.29) is 17.1 Å². The minimum atomic E-state index is -1.18. The van der Waals surface area contributed by atoms with Crippen molar-refractivity contribution in [3.05, 3.63) is 70.7 Å². The molecule has 1 aliphatic heterocycles. The molecule has 0 unspecified atom stereocenters. The van der Waals surface area contributed by atoms with Crippen molar-refractivity contribution in [1.29, 1.82) is 0 Å². The maximum atomic E-state index is 15.6. The van der Waals surface area contributed by atoms with E-state index in [1.807, 2.05) is 0 Å². The van der Waals surface area contributed by atoms with Crippen LogP contribution in [0.15, 0.2) is 36.7 Å². The van der Waals surface area contributed by atoms with Gasteiger partial charge >= 0.3 is 6.09 Å². The first kappa shape index (κ1) is 28.8. The Morgan fingerprint density at radius 3 is 2.49 bits per heavy atom. The summed E-state index contributed by atoms with van der Waals surface area (Å²) in [5.74, 6) is -0.331. The van der Waals surface area contributed by atoms with Crippen molar-refractivity contribution < 1.29 is 18.3 Å². The van der Waals surface area contributed by atoms with Crippen molar-refractivity contribution in [2.24, 2.45) is 7.05 Å². The highest BCUT2D eigenvalue weighted by Gasteiger charge is 2.45. The third-order valence-electron chi connectivity index (χ3n) is 7.64. The summed E-state index contributed by atoms with van der Waals surface area (Å²) in [6.07, 6.45) is 2.97. The number of benzene rings is 2. The fraction of sp³-hybridized carbons (Fsp3) is 0.367. The van der Waals surface area contributed by atoms with E-state index in [0.717, 1.165) is 0 Å². The number of thiol groups is 1. The van der Waals surface area contributed by atoms with Crippen LogP contribution in [0.25, 0.3) is 33.7 Å². The minimum Gasteiger partial charge on any atom is -0.444 e. The molecule has 0 spiro atoms. The largest absolute Gasteiger partial charge is 0.444 e. The number of hydrogen-bond donors (Lipinski definition) is 1. The Bertz CT molecular complexity index is 1890. The monoisotopic (exact) mass is 606 g/mol. The van der Waals surface area contributed by atoms with Gasteiger partial charge in [0.1, 0.15) is 27.8 Å². The molecule has 5 aromatic rings. The molecule has 1 atom stereocenters. The maximum absolute atomic E-state index is 15.6. The normalized spacial score (nSPS) is 17.0. The van der Waals surface area contributed by atoms with Gasteiger partial charge in [0.15, 0.2) is 5.82 Å². The zero-order valence-corrected chi connectivity index (χ0v) is 25.9. The van der Waals surface area contributed by atoms with Crippen LogP contribution in [0.2, 0.25) is 0 Å². The second-order valence-corrected chi connectivity index (χ2v) is 12.9. The van der Waals surface area contributed by atoms with Crippen LogP contribution in [0.5, 0.6) is 0 Å².